The SMILES string of the molecule is NC(=O)c1ccc2nc(-c3ccc([N+](=O)[O-])cc3)cc(-c3ccccc3)c2c1. The van der Waals surface area contributed by atoms with Crippen molar-refractivity contribution in [2.75, 3.05) is 0 Å². The molecule has 6 nitrogen and oxygen atoms in total. The summed E-state index contributed by atoms with van der Waals surface area (Å²) in [5, 5.41) is 11.7. The minimum atomic E-state index is -0.500. The second-order valence-corrected chi connectivity index (χ2v) is 6.32. The van der Waals surface area contributed by atoms with Gasteiger partial charge in [-0.15, -0.1) is 0 Å². The van der Waals surface area contributed by atoms with Crippen LogP contribution in [0.4, 0.5) is 5.69 Å². The summed E-state index contributed by atoms with van der Waals surface area (Å²) >= 11 is 0. The first-order valence-electron chi connectivity index (χ1n) is 8.58. The van der Waals surface area contributed by atoms with Crippen LogP contribution in [0.3, 0.4) is 0 Å². The molecule has 0 aliphatic carbocycles. The summed E-state index contributed by atoms with van der Waals surface area (Å²) in [7, 11) is 0. The number of hydrogen-bond acceptors (Lipinski definition) is 4. The molecule has 0 bridgehead atoms. The topological polar surface area (TPSA) is 99.1 Å². The number of non-ortho nitro benzene ring substituents is 1. The van der Waals surface area contributed by atoms with Crippen molar-refractivity contribution in [3.8, 4) is 22.4 Å². The molecule has 28 heavy (non-hydrogen) atoms. The van der Waals surface area contributed by atoms with E-state index in [0.29, 0.717) is 16.8 Å². The zero-order valence-corrected chi connectivity index (χ0v) is 14.7. The Morgan fingerprint density at radius 3 is 2.25 bits per heavy atom. The van der Waals surface area contributed by atoms with E-state index >= 15 is 0 Å². The lowest BCUT2D eigenvalue weighted by atomic mass is 9.97. The van der Waals surface area contributed by atoms with Crippen LogP contribution >= 0.6 is 0 Å². The van der Waals surface area contributed by atoms with E-state index in [2.05, 4.69) is 4.98 Å². The Morgan fingerprint density at radius 1 is 0.893 bits per heavy atom. The van der Waals surface area contributed by atoms with E-state index < -0.39 is 10.8 Å². The smallest absolute Gasteiger partial charge is 0.269 e. The van der Waals surface area contributed by atoms with Gasteiger partial charge in [0.25, 0.3) is 5.69 Å². The minimum absolute atomic E-state index is 0.0268. The van der Waals surface area contributed by atoms with Crippen LogP contribution in [-0.2, 0) is 0 Å². The summed E-state index contributed by atoms with van der Waals surface area (Å²) in [4.78, 5) is 26.8. The first-order valence-corrected chi connectivity index (χ1v) is 8.58. The fraction of sp³-hybridized carbons (Fsp3) is 0. The molecule has 4 rings (SSSR count). The lowest BCUT2D eigenvalue weighted by Gasteiger charge is -2.11. The van der Waals surface area contributed by atoms with Gasteiger partial charge in [0.15, 0.2) is 0 Å². The van der Waals surface area contributed by atoms with Crippen LogP contribution < -0.4 is 5.73 Å². The number of primary amides is 1. The summed E-state index contributed by atoms with van der Waals surface area (Å²) in [5.41, 5.74) is 9.92. The molecule has 2 N–H and O–H groups in total. The standard InChI is InChI=1S/C22H15N3O3/c23-22(26)16-8-11-20-19(12-16)18(14-4-2-1-3-5-14)13-21(24-20)15-6-9-17(10-7-15)25(27)28/h1-13H,(H2,23,26). The van der Waals surface area contributed by atoms with Gasteiger partial charge < -0.3 is 5.73 Å². The Hall–Kier alpha value is -4.06. The fourth-order valence-electron chi connectivity index (χ4n) is 3.14. The molecule has 0 fully saturated rings. The van der Waals surface area contributed by atoms with Crippen molar-refractivity contribution in [1.29, 1.82) is 0 Å². The molecule has 0 spiro atoms. The van der Waals surface area contributed by atoms with Gasteiger partial charge in [-0.3, -0.25) is 14.9 Å². The van der Waals surface area contributed by atoms with E-state index in [9.17, 15) is 14.9 Å². The largest absolute Gasteiger partial charge is 0.366 e. The average molecular weight is 369 g/mol. The maximum Gasteiger partial charge on any atom is 0.269 e. The van der Waals surface area contributed by atoms with E-state index in [0.717, 1.165) is 22.1 Å². The van der Waals surface area contributed by atoms with Crippen LogP contribution in [0.1, 0.15) is 10.4 Å². The van der Waals surface area contributed by atoms with Gasteiger partial charge in [0.1, 0.15) is 0 Å². The van der Waals surface area contributed by atoms with Crippen LogP contribution in [0.15, 0.2) is 78.9 Å². The molecule has 136 valence electrons. The monoisotopic (exact) mass is 369 g/mol. The third-order valence-electron chi connectivity index (χ3n) is 4.55. The zero-order chi connectivity index (χ0) is 19.7. The molecular weight excluding hydrogens is 354 g/mol. The Morgan fingerprint density at radius 2 is 1.61 bits per heavy atom. The molecule has 0 saturated carbocycles. The number of fused-ring (bicyclic) bond motifs is 1. The Balaban J connectivity index is 1.95. The van der Waals surface area contributed by atoms with Crippen molar-refractivity contribution in [2.24, 2.45) is 5.73 Å². The van der Waals surface area contributed by atoms with E-state index in [4.69, 9.17) is 5.73 Å². The quantitative estimate of drug-likeness (QED) is 0.420. The number of amides is 1. The number of carbonyl (C=O) groups excluding carboxylic acids is 1. The summed E-state index contributed by atoms with van der Waals surface area (Å²) in [5.74, 6) is -0.500. The first-order chi connectivity index (χ1) is 13.5. The zero-order valence-electron chi connectivity index (χ0n) is 14.7. The number of carbonyl (C=O) groups is 1. The van der Waals surface area contributed by atoms with Crippen molar-refractivity contribution < 1.29 is 9.72 Å². The molecule has 0 aliphatic rings. The van der Waals surface area contributed by atoms with Gasteiger partial charge in [-0.05, 0) is 47.5 Å². The molecule has 1 amide bonds. The second-order valence-electron chi connectivity index (χ2n) is 6.32. The highest BCUT2D eigenvalue weighted by molar-refractivity contribution is 6.02. The van der Waals surface area contributed by atoms with Gasteiger partial charge in [-0.25, -0.2) is 4.98 Å². The highest BCUT2D eigenvalue weighted by Crippen LogP contribution is 2.33. The molecule has 6 heteroatoms. The highest BCUT2D eigenvalue weighted by atomic mass is 16.6. The van der Waals surface area contributed by atoms with Gasteiger partial charge in [0, 0.05) is 28.6 Å². The number of rotatable bonds is 4. The predicted molar refractivity (Wildman–Crippen MR) is 108 cm³/mol. The molecule has 0 radical (unpaired) electrons. The van der Waals surface area contributed by atoms with E-state index in [1.54, 1.807) is 30.3 Å². The highest BCUT2D eigenvalue weighted by Gasteiger charge is 2.13. The number of benzene rings is 3. The van der Waals surface area contributed by atoms with Crippen molar-refractivity contribution in [2.45, 2.75) is 0 Å². The van der Waals surface area contributed by atoms with Crippen LogP contribution in [0.5, 0.6) is 0 Å². The van der Waals surface area contributed by atoms with Gasteiger partial charge in [-0.2, -0.15) is 0 Å². The second kappa shape index (κ2) is 6.92. The summed E-state index contributed by atoms with van der Waals surface area (Å²) in [6, 6.07) is 23.1. The van der Waals surface area contributed by atoms with Crippen LogP contribution in [0, 0.1) is 10.1 Å². The van der Waals surface area contributed by atoms with Crippen molar-refractivity contribution in [3.05, 3.63) is 94.5 Å². The van der Waals surface area contributed by atoms with E-state index in [-0.39, 0.29) is 5.69 Å². The molecule has 0 unspecified atom stereocenters. The predicted octanol–water partition coefficient (Wildman–Crippen LogP) is 4.58. The first kappa shape index (κ1) is 17.4. The minimum Gasteiger partial charge on any atom is -0.366 e. The molecule has 0 saturated heterocycles. The Kier molecular flexibility index (Phi) is 4.29. The van der Waals surface area contributed by atoms with Crippen LogP contribution in [-0.4, -0.2) is 15.8 Å². The molecule has 0 aliphatic heterocycles. The number of aromatic nitrogens is 1. The Labute approximate surface area is 160 Å². The Bertz CT molecular complexity index is 1200. The maximum atomic E-state index is 11.6. The number of nitrogens with two attached hydrogens (primary N) is 1. The normalized spacial score (nSPS) is 10.7. The number of nitrogens with zero attached hydrogens (tertiary/aromatic N) is 2. The molecule has 4 aromatic rings. The molecular formula is C22H15N3O3. The summed E-state index contributed by atoms with van der Waals surface area (Å²) < 4.78 is 0. The molecule has 1 heterocycles. The number of hydrogen-bond donors (Lipinski definition) is 1. The molecule has 1 aromatic heterocycles. The number of nitro groups is 1. The van der Waals surface area contributed by atoms with Gasteiger partial charge in [0.05, 0.1) is 16.1 Å². The van der Waals surface area contributed by atoms with E-state index in [1.165, 1.54) is 12.1 Å². The van der Waals surface area contributed by atoms with Crippen molar-refractivity contribution >= 4 is 22.5 Å². The van der Waals surface area contributed by atoms with Gasteiger partial charge in [0.2, 0.25) is 5.91 Å². The molecule has 0 atom stereocenters. The third-order valence-corrected chi connectivity index (χ3v) is 4.55. The van der Waals surface area contributed by atoms with Crippen LogP contribution in [0.25, 0.3) is 33.3 Å². The average Bonchev–Trinajstić information content (AvgIpc) is 2.73. The van der Waals surface area contributed by atoms with Crippen molar-refractivity contribution in [1.82, 2.24) is 4.98 Å². The lowest BCUT2D eigenvalue weighted by molar-refractivity contribution is -0.384. The van der Waals surface area contributed by atoms with Crippen LogP contribution in [0.2, 0.25) is 0 Å². The van der Waals surface area contributed by atoms with Gasteiger partial charge >= 0.3 is 0 Å². The lowest BCUT2D eigenvalue weighted by Crippen LogP contribution is -2.10. The van der Waals surface area contributed by atoms with E-state index in [1.807, 2.05) is 36.4 Å². The number of pyridine rings is 1. The molecule has 3 aromatic carbocycles. The van der Waals surface area contributed by atoms with Crippen molar-refractivity contribution in [3.63, 3.8) is 0 Å². The van der Waals surface area contributed by atoms with Gasteiger partial charge in [-0.1, -0.05) is 30.3 Å². The maximum absolute atomic E-state index is 11.6. The summed E-state index contributed by atoms with van der Waals surface area (Å²) in [6.07, 6.45) is 0. The number of nitro benzene ring substituents is 1. The third kappa shape index (κ3) is 3.19. The summed E-state index contributed by atoms with van der Waals surface area (Å²) in [6.45, 7) is 0. The fourth-order valence-corrected chi connectivity index (χ4v) is 3.14.